The van der Waals surface area contributed by atoms with Crippen molar-refractivity contribution in [3.63, 3.8) is 0 Å². The van der Waals surface area contributed by atoms with Crippen molar-refractivity contribution < 1.29 is 33.0 Å². The Morgan fingerprint density at radius 2 is 1.81 bits per heavy atom. The number of esters is 1. The molecule has 0 aromatic heterocycles. The van der Waals surface area contributed by atoms with E-state index in [4.69, 9.17) is 4.74 Å². The summed E-state index contributed by atoms with van der Waals surface area (Å²) in [6.07, 6.45) is 3.71. The lowest BCUT2D eigenvalue weighted by molar-refractivity contribution is -0.170. The predicted molar refractivity (Wildman–Crippen MR) is 88.8 cm³/mol. The van der Waals surface area contributed by atoms with Crippen molar-refractivity contribution in [2.24, 2.45) is 0 Å². The number of carbonyl (C=O) groups is 2. The molecule has 8 heteroatoms. The van der Waals surface area contributed by atoms with Crippen molar-refractivity contribution in [2.45, 2.75) is 50.7 Å². The van der Waals surface area contributed by atoms with Gasteiger partial charge in [0, 0.05) is 6.54 Å². The molecular weight excluding hydrogens is 348 g/mol. The lowest BCUT2D eigenvalue weighted by atomic mass is 9.85. The van der Waals surface area contributed by atoms with Crippen LogP contribution in [-0.2, 0) is 20.7 Å². The minimum Gasteiger partial charge on any atom is -0.453 e. The van der Waals surface area contributed by atoms with Gasteiger partial charge in [0.2, 0.25) is 0 Å². The Morgan fingerprint density at radius 3 is 2.42 bits per heavy atom. The molecule has 1 aromatic rings. The Labute approximate surface area is 150 Å². The molecule has 1 aliphatic carbocycles. The molecule has 0 radical (unpaired) electrons. The van der Waals surface area contributed by atoms with Gasteiger partial charge in [-0.1, -0.05) is 18.6 Å². The highest BCUT2D eigenvalue weighted by molar-refractivity contribution is 5.84. The van der Waals surface area contributed by atoms with Gasteiger partial charge >= 0.3 is 12.6 Å². The number of ether oxygens (including phenoxy) is 2. The van der Waals surface area contributed by atoms with Gasteiger partial charge in [0.25, 0.3) is 5.91 Å². The monoisotopic (exact) mass is 371 g/mol. The molecule has 0 heterocycles. The maximum Gasteiger partial charge on any atom is 0.387 e. The molecule has 6 nitrogen and oxygen atoms in total. The van der Waals surface area contributed by atoms with Crippen LogP contribution in [0.3, 0.4) is 0 Å². The molecule has 1 amide bonds. The fourth-order valence-electron chi connectivity index (χ4n) is 2.84. The first-order chi connectivity index (χ1) is 12.4. The minimum absolute atomic E-state index is 0.0698. The number of aliphatic hydroxyl groups is 1. The Hall–Kier alpha value is -2.22. The van der Waals surface area contributed by atoms with Gasteiger partial charge in [0.15, 0.2) is 12.2 Å². The Bertz CT molecular complexity index is 600. The van der Waals surface area contributed by atoms with Crippen LogP contribution in [0.2, 0.25) is 0 Å². The molecule has 2 N–H and O–H groups in total. The van der Waals surface area contributed by atoms with E-state index in [1.807, 2.05) is 0 Å². The number of amides is 1. The fraction of sp³-hybridized carbons (Fsp3) is 0.556. The van der Waals surface area contributed by atoms with E-state index in [0.717, 1.165) is 24.8 Å². The van der Waals surface area contributed by atoms with Crippen molar-refractivity contribution in [1.82, 2.24) is 5.32 Å². The number of hydrogen-bond donors (Lipinski definition) is 2. The number of nitrogens with one attached hydrogen (secondary N) is 1. The van der Waals surface area contributed by atoms with Gasteiger partial charge < -0.3 is 19.9 Å². The van der Waals surface area contributed by atoms with Crippen molar-refractivity contribution in [3.05, 3.63) is 29.8 Å². The summed E-state index contributed by atoms with van der Waals surface area (Å²) in [5.41, 5.74) is -0.638. The summed E-state index contributed by atoms with van der Waals surface area (Å²) in [6.45, 7) is -3.01. The van der Waals surface area contributed by atoms with Crippen LogP contribution in [0.25, 0.3) is 0 Å². The van der Waals surface area contributed by atoms with E-state index >= 15 is 0 Å². The second-order valence-electron chi connectivity index (χ2n) is 6.29. The first-order valence-corrected chi connectivity index (χ1v) is 8.59. The van der Waals surface area contributed by atoms with Gasteiger partial charge in [-0.15, -0.1) is 0 Å². The van der Waals surface area contributed by atoms with Crippen LogP contribution in [0.1, 0.15) is 37.7 Å². The molecule has 1 aliphatic rings. The summed E-state index contributed by atoms with van der Waals surface area (Å²) in [6, 6.07) is 6.11. The minimum atomic E-state index is -2.87. The first-order valence-electron chi connectivity index (χ1n) is 8.59. The molecule has 144 valence electrons. The molecular formula is C18H23F2NO5. The summed E-state index contributed by atoms with van der Waals surface area (Å²) in [4.78, 5) is 23.6. The predicted octanol–water partition coefficient (Wildman–Crippen LogP) is 2.19. The fourth-order valence-corrected chi connectivity index (χ4v) is 2.84. The number of alkyl halides is 2. The zero-order valence-corrected chi connectivity index (χ0v) is 14.4. The lowest BCUT2D eigenvalue weighted by Gasteiger charge is -2.29. The van der Waals surface area contributed by atoms with Gasteiger partial charge in [-0.2, -0.15) is 8.78 Å². The Morgan fingerprint density at radius 1 is 1.15 bits per heavy atom. The van der Waals surface area contributed by atoms with E-state index in [-0.39, 0.29) is 5.75 Å². The Balaban J connectivity index is 1.66. The molecule has 0 bridgehead atoms. The van der Waals surface area contributed by atoms with E-state index in [1.54, 1.807) is 12.1 Å². The summed E-state index contributed by atoms with van der Waals surface area (Å²) < 4.78 is 33.3. The van der Waals surface area contributed by atoms with Crippen LogP contribution in [-0.4, -0.2) is 42.3 Å². The topological polar surface area (TPSA) is 84.9 Å². The number of carbonyl (C=O) groups excluding carboxylic acids is 2. The van der Waals surface area contributed by atoms with Crippen LogP contribution in [0.5, 0.6) is 5.75 Å². The third kappa shape index (κ3) is 6.25. The molecule has 1 saturated carbocycles. The van der Waals surface area contributed by atoms with E-state index in [2.05, 4.69) is 10.1 Å². The summed E-state index contributed by atoms with van der Waals surface area (Å²) in [7, 11) is 0. The summed E-state index contributed by atoms with van der Waals surface area (Å²) >= 11 is 0. The second-order valence-corrected chi connectivity index (χ2v) is 6.29. The molecule has 0 saturated heterocycles. The largest absolute Gasteiger partial charge is 0.453 e. The van der Waals surface area contributed by atoms with Gasteiger partial charge in [0.05, 0.1) is 0 Å². The van der Waals surface area contributed by atoms with Crippen molar-refractivity contribution in [1.29, 1.82) is 0 Å². The van der Waals surface area contributed by atoms with E-state index in [0.29, 0.717) is 25.8 Å². The van der Waals surface area contributed by atoms with Gasteiger partial charge in [-0.25, -0.2) is 4.79 Å². The molecule has 0 atom stereocenters. The summed E-state index contributed by atoms with van der Waals surface area (Å²) in [5, 5.41) is 12.8. The number of hydrogen-bond acceptors (Lipinski definition) is 5. The van der Waals surface area contributed by atoms with Crippen molar-refractivity contribution >= 4 is 11.9 Å². The van der Waals surface area contributed by atoms with Crippen LogP contribution < -0.4 is 10.1 Å². The van der Waals surface area contributed by atoms with E-state index in [1.165, 1.54) is 12.1 Å². The highest BCUT2D eigenvalue weighted by Crippen LogP contribution is 2.29. The third-order valence-corrected chi connectivity index (χ3v) is 4.28. The van der Waals surface area contributed by atoms with Crippen LogP contribution in [0.4, 0.5) is 8.78 Å². The zero-order chi connectivity index (χ0) is 19.0. The lowest BCUT2D eigenvalue weighted by Crippen LogP contribution is -2.43. The van der Waals surface area contributed by atoms with Gasteiger partial charge in [-0.05, 0) is 49.8 Å². The zero-order valence-electron chi connectivity index (χ0n) is 14.4. The standard InChI is InChI=1S/C18H23F2NO5/c19-17(20)26-14-6-4-13(5-7-14)8-11-21-15(22)12-25-16(23)18(24)9-2-1-3-10-18/h4-7,17,24H,1-3,8-12H2,(H,21,22). The van der Waals surface area contributed by atoms with E-state index in [9.17, 15) is 23.5 Å². The number of rotatable bonds is 8. The van der Waals surface area contributed by atoms with Gasteiger partial charge in [-0.3, -0.25) is 4.79 Å². The molecule has 2 rings (SSSR count). The van der Waals surface area contributed by atoms with Crippen molar-refractivity contribution in [2.75, 3.05) is 13.2 Å². The van der Waals surface area contributed by atoms with Crippen LogP contribution in [0.15, 0.2) is 24.3 Å². The molecule has 26 heavy (non-hydrogen) atoms. The number of benzene rings is 1. The molecule has 0 spiro atoms. The summed E-state index contributed by atoms with van der Waals surface area (Å²) in [5.74, 6) is -1.14. The SMILES string of the molecule is O=C(COC(=O)C1(O)CCCCC1)NCCc1ccc(OC(F)F)cc1. The maximum atomic E-state index is 12.1. The third-order valence-electron chi connectivity index (χ3n) is 4.28. The van der Waals surface area contributed by atoms with Crippen LogP contribution >= 0.6 is 0 Å². The highest BCUT2D eigenvalue weighted by Gasteiger charge is 2.38. The second kappa shape index (κ2) is 9.47. The van der Waals surface area contributed by atoms with Crippen molar-refractivity contribution in [3.8, 4) is 5.75 Å². The first kappa shape index (κ1) is 20.1. The molecule has 1 fully saturated rings. The smallest absolute Gasteiger partial charge is 0.387 e. The maximum absolute atomic E-state index is 12.1. The average Bonchev–Trinajstić information content (AvgIpc) is 2.61. The quantitative estimate of drug-likeness (QED) is 0.685. The molecule has 0 aliphatic heterocycles. The average molecular weight is 371 g/mol. The van der Waals surface area contributed by atoms with Gasteiger partial charge in [0.1, 0.15) is 5.75 Å². The molecule has 1 aromatic carbocycles. The normalized spacial score (nSPS) is 16.2. The molecule has 0 unspecified atom stereocenters. The number of halogens is 2. The van der Waals surface area contributed by atoms with E-state index < -0.39 is 30.7 Å². The highest BCUT2D eigenvalue weighted by atomic mass is 19.3. The Kier molecular flexibility index (Phi) is 7.32. The van der Waals surface area contributed by atoms with Crippen LogP contribution in [0, 0.1) is 0 Å².